The molecule has 26 nitrogen and oxygen atoms in total. The number of alkyl halides is 1. The molecule has 4 aromatic rings. The third kappa shape index (κ3) is 9.46. The number of aromatic amines is 3. The Morgan fingerprint density at radius 3 is 1.85 bits per heavy atom. The molecule has 3 aliphatic rings. The van der Waals surface area contributed by atoms with Crippen LogP contribution in [0, 0.1) is 13.8 Å². The van der Waals surface area contributed by atoms with Gasteiger partial charge in [-0.1, -0.05) is 22.6 Å². The highest BCUT2D eigenvalue weighted by Gasteiger charge is 2.46. The molecule has 11 atom stereocenters. The number of hydrogen-bond acceptors (Lipinski definition) is 18. The quantitative estimate of drug-likeness (QED) is 0.0456. The van der Waals surface area contributed by atoms with E-state index in [1.54, 1.807) is 0 Å². The standard InChI is InChI=1S/C30H38IN9O17P2/c1-12-7-38(29(45)36-25(12)42)20-3-14(41)18(54-20)9-51-58(47,48)57-16-5-21(39-8-13(2)26(43)37-30(39)46)55-19(16)10-52-59(49,50)56-15-4-22(53-17(15)6-31)40-11-33-23-24(40)34-28(32)35-27(23)44/h7-8,11,14-22,41H,3-6,9-10H2,1-2H3,(H,47,48)(H,49,50)(H,36,42,45)(H,37,43,46)(H3,32,34,35,44)/t14-,15-,16-,17+,18+,19+,20+,21+,22+/m0/s1. The van der Waals surface area contributed by atoms with E-state index in [4.69, 9.17) is 38.0 Å². The number of anilines is 1. The number of aliphatic hydroxyl groups is 1. The Hall–Kier alpha value is -3.70. The number of nitrogens with one attached hydrogen (secondary N) is 3. The number of H-pyrrole nitrogens is 3. The minimum Gasteiger partial charge on any atom is -0.390 e. The van der Waals surface area contributed by atoms with Crippen LogP contribution in [0.5, 0.6) is 0 Å². The Kier molecular flexibility index (Phi) is 12.5. The minimum atomic E-state index is -5.09. The number of fused-ring (bicyclic) bond motifs is 1. The monoisotopic (exact) mass is 985 g/mol. The summed E-state index contributed by atoms with van der Waals surface area (Å²) in [7, 11) is -10.1. The summed E-state index contributed by atoms with van der Waals surface area (Å²) < 4.78 is 69.5. The summed E-state index contributed by atoms with van der Waals surface area (Å²) in [6.07, 6.45) is -7.08. The number of phosphoric acid groups is 2. The molecule has 7 heterocycles. The molecule has 3 saturated heterocycles. The summed E-state index contributed by atoms with van der Waals surface area (Å²) in [5, 5.41) is 10.6. The van der Waals surface area contributed by atoms with Crippen molar-refractivity contribution in [2.45, 2.75) is 88.4 Å². The molecule has 4 aromatic heterocycles. The van der Waals surface area contributed by atoms with Gasteiger partial charge in [0.2, 0.25) is 5.95 Å². The van der Waals surface area contributed by atoms with Gasteiger partial charge in [0.1, 0.15) is 43.1 Å². The maximum absolute atomic E-state index is 13.4. The Balaban J connectivity index is 1.03. The highest BCUT2D eigenvalue weighted by atomic mass is 127. The molecule has 29 heteroatoms. The molecule has 2 unspecified atom stereocenters. The largest absolute Gasteiger partial charge is 0.472 e. The lowest BCUT2D eigenvalue weighted by Crippen LogP contribution is -2.33. The number of nitrogen functional groups attached to an aromatic ring is 1. The van der Waals surface area contributed by atoms with Gasteiger partial charge in [0.15, 0.2) is 11.2 Å². The first-order valence-corrected chi connectivity index (χ1v) is 22.2. The molecular formula is C30H38IN9O17P2. The number of aliphatic hydroxyl groups excluding tert-OH is 1. The van der Waals surface area contributed by atoms with E-state index in [1.807, 2.05) is 22.6 Å². The maximum Gasteiger partial charge on any atom is 0.472 e. The van der Waals surface area contributed by atoms with E-state index in [2.05, 4.69) is 24.9 Å². The van der Waals surface area contributed by atoms with Crippen molar-refractivity contribution in [2.24, 2.45) is 0 Å². The van der Waals surface area contributed by atoms with Crippen molar-refractivity contribution in [3.63, 3.8) is 0 Å². The van der Waals surface area contributed by atoms with Crippen molar-refractivity contribution in [1.82, 2.24) is 38.6 Å². The van der Waals surface area contributed by atoms with Crippen LogP contribution in [-0.2, 0) is 41.4 Å². The smallest absolute Gasteiger partial charge is 0.390 e. The van der Waals surface area contributed by atoms with Crippen molar-refractivity contribution in [1.29, 1.82) is 0 Å². The van der Waals surface area contributed by atoms with Gasteiger partial charge in [-0.05, 0) is 13.8 Å². The molecule has 3 aliphatic heterocycles. The number of aromatic nitrogens is 8. The van der Waals surface area contributed by atoms with Crippen molar-refractivity contribution >= 4 is 55.3 Å². The van der Waals surface area contributed by atoms with Crippen LogP contribution in [0.2, 0.25) is 0 Å². The SMILES string of the molecule is Cc1cn([C@H]2C[C@H](OP(=O)(O)OC[C@H]3O[C@@H](n4cc(C)c(=O)[nH]c4=O)C[C@@H]3O)[C@@H](COP(=O)(O)O[C@H]3C[C@H](n4cnc5c(=O)[nH]c(N)nc54)O[C@@H]3CI)O2)c(=O)[nH]c1=O. The fourth-order valence-corrected chi connectivity index (χ4v) is 9.48. The van der Waals surface area contributed by atoms with Crippen molar-refractivity contribution in [2.75, 3.05) is 23.4 Å². The zero-order valence-corrected chi connectivity index (χ0v) is 34.8. The summed E-state index contributed by atoms with van der Waals surface area (Å²) in [6, 6.07) is 0. The third-order valence-electron chi connectivity index (χ3n) is 9.73. The molecule has 0 aromatic carbocycles. The lowest BCUT2D eigenvalue weighted by Gasteiger charge is -2.24. The average molecular weight is 986 g/mol. The van der Waals surface area contributed by atoms with Crippen LogP contribution in [0.4, 0.5) is 5.95 Å². The van der Waals surface area contributed by atoms with E-state index in [0.717, 1.165) is 9.13 Å². The van der Waals surface area contributed by atoms with Crippen LogP contribution in [0.25, 0.3) is 11.2 Å². The van der Waals surface area contributed by atoms with Crippen LogP contribution >= 0.6 is 38.2 Å². The van der Waals surface area contributed by atoms with Crippen LogP contribution in [0.3, 0.4) is 0 Å². The highest BCUT2D eigenvalue weighted by molar-refractivity contribution is 14.1. The van der Waals surface area contributed by atoms with Gasteiger partial charge in [-0.3, -0.25) is 61.1 Å². The lowest BCUT2D eigenvalue weighted by atomic mass is 10.2. The average Bonchev–Trinajstić information content (AvgIpc) is 3.94. The molecule has 0 radical (unpaired) electrons. The Morgan fingerprint density at radius 2 is 1.27 bits per heavy atom. The Bertz CT molecular complexity index is 2630. The first-order chi connectivity index (χ1) is 27.8. The minimum absolute atomic E-state index is 0.00749. The van der Waals surface area contributed by atoms with Crippen LogP contribution in [-0.4, -0.2) is 108 Å². The van der Waals surface area contributed by atoms with E-state index < -0.39 is 112 Å². The van der Waals surface area contributed by atoms with Gasteiger partial charge in [0.05, 0.1) is 31.7 Å². The summed E-state index contributed by atoms with van der Waals surface area (Å²) >= 11 is 1.99. The molecule has 3 fully saturated rings. The summed E-state index contributed by atoms with van der Waals surface area (Å²) in [5.74, 6) is -0.162. The van der Waals surface area contributed by atoms with Gasteiger partial charge in [-0.2, -0.15) is 4.98 Å². The topological polar surface area (TPSA) is 359 Å². The molecule has 0 saturated carbocycles. The third-order valence-corrected chi connectivity index (χ3v) is 12.6. The van der Waals surface area contributed by atoms with Crippen LogP contribution in [0.15, 0.2) is 42.7 Å². The number of hydrogen-bond donors (Lipinski definition) is 7. The molecule has 0 amide bonds. The molecule has 7 rings (SSSR count). The van der Waals surface area contributed by atoms with Crippen LogP contribution < -0.4 is 33.8 Å². The number of aryl methyl sites for hydroxylation is 2. The molecule has 0 spiro atoms. The molecule has 8 N–H and O–H groups in total. The van der Waals surface area contributed by atoms with E-state index in [1.165, 1.54) is 37.1 Å². The molecule has 322 valence electrons. The highest BCUT2D eigenvalue weighted by Crippen LogP contribution is 2.52. The van der Waals surface area contributed by atoms with E-state index >= 15 is 0 Å². The first-order valence-electron chi connectivity index (χ1n) is 17.7. The second-order valence-electron chi connectivity index (χ2n) is 13.9. The first kappa shape index (κ1) is 43.4. The van der Waals surface area contributed by atoms with Gasteiger partial charge in [-0.25, -0.2) is 23.7 Å². The molecule has 59 heavy (non-hydrogen) atoms. The zero-order valence-electron chi connectivity index (χ0n) is 30.8. The van der Waals surface area contributed by atoms with Crippen molar-refractivity contribution in [3.8, 4) is 0 Å². The van der Waals surface area contributed by atoms with Crippen molar-refractivity contribution in [3.05, 3.63) is 81.9 Å². The molecule has 0 aliphatic carbocycles. The Morgan fingerprint density at radius 1 is 0.780 bits per heavy atom. The summed E-state index contributed by atoms with van der Waals surface area (Å²) in [4.78, 5) is 97.6. The number of imidazole rings is 1. The van der Waals surface area contributed by atoms with Gasteiger partial charge in [-0.15, -0.1) is 0 Å². The van der Waals surface area contributed by atoms with Crippen LogP contribution in [0.1, 0.15) is 49.1 Å². The van der Waals surface area contributed by atoms with Gasteiger partial charge in [0, 0.05) is 47.2 Å². The second-order valence-corrected chi connectivity index (χ2v) is 17.6. The number of halogens is 1. The van der Waals surface area contributed by atoms with Gasteiger partial charge >= 0.3 is 27.0 Å². The summed E-state index contributed by atoms with van der Waals surface area (Å²) in [6.45, 7) is 1.38. The van der Waals surface area contributed by atoms with E-state index in [0.29, 0.717) is 4.43 Å². The summed E-state index contributed by atoms with van der Waals surface area (Å²) in [5.41, 5.74) is 2.60. The number of ether oxygens (including phenoxy) is 3. The lowest BCUT2D eigenvalue weighted by molar-refractivity contribution is -0.0590. The van der Waals surface area contributed by atoms with E-state index in [9.17, 15) is 48.0 Å². The fraction of sp³-hybridized carbons (Fsp3) is 0.567. The van der Waals surface area contributed by atoms with Crippen molar-refractivity contribution < 1.29 is 56.3 Å². The number of rotatable bonds is 14. The number of nitrogens with two attached hydrogens (primary N) is 1. The zero-order chi connectivity index (χ0) is 42.6. The van der Waals surface area contributed by atoms with Gasteiger partial charge < -0.3 is 34.8 Å². The van der Waals surface area contributed by atoms with Gasteiger partial charge in [0.25, 0.3) is 16.7 Å². The molecule has 0 bridgehead atoms. The van der Waals surface area contributed by atoms with E-state index in [-0.39, 0.29) is 47.5 Å². The normalized spacial score (nSPS) is 29.2. The number of phosphoric ester groups is 2. The number of nitrogens with zero attached hydrogens (tertiary/aromatic N) is 5. The fourth-order valence-electron chi connectivity index (χ4n) is 6.78. The second kappa shape index (κ2) is 17.0. The Labute approximate surface area is 342 Å². The predicted octanol–water partition coefficient (Wildman–Crippen LogP) is -0.918. The predicted molar refractivity (Wildman–Crippen MR) is 206 cm³/mol. The maximum atomic E-state index is 13.4. The molecular weight excluding hydrogens is 947 g/mol.